The van der Waals surface area contributed by atoms with Crippen LogP contribution in [0.4, 0.5) is 0 Å². The van der Waals surface area contributed by atoms with Gasteiger partial charge in [0.25, 0.3) is 0 Å². The molecule has 2 aromatic rings. The van der Waals surface area contributed by atoms with Crippen LogP contribution >= 0.6 is 11.8 Å². The van der Waals surface area contributed by atoms with Gasteiger partial charge in [-0.15, -0.1) is 11.8 Å². The molecule has 6 nitrogen and oxygen atoms in total. The summed E-state index contributed by atoms with van der Waals surface area (Å²) >= 11 is 1.73. The highest BCUT2D eigenvalue weighted by molar-refractivity contribution is 7.98. The standard InChI is InChI=1S/C17H23N3O3S2/c1-24-15-5-3-13(4-6-15)10-19-7-8-20-14(11-19)9-16(18-20)17(21)12-25(2,22)23/h3-6,9,17,21H,7-8,10-12H2,1-2H3/t17-/m0/s1. The zero-order chi connectivity index (χ0) is 18.0. The van der Waals surface area contributed by atoms with Crippen molar-refractivity contribution in [3.63, 3.8) is 0 Å². The van der Waals surface area contributed by atoms with Crippen molar-refractivity contribution in [1.82, 2.24) is 14.7 Å². The minimum atomic E-state index is -3.24. The molecule has 0 unspecified atom stereocenters. The van der Waals surface area contributed by atoms with Gasteiger partial charge >= 0.3 is 0 Å². The molecule has 0 spiro atoms. The van der Waals surface area contributed by atoms with Crippen molar-refractivity contribution in [2.24, 2.45) is 0 Å². The molecule has 0 saturated carbocycles. The first-order valence-corrected chi connectivity index (χ1v) is 11.4. The van der Waals surface area contributed by atoms with Gasteiger partial charge in [0, 0.05) is 30.8 Å². The van der Waals surface area contributed by atoms with E-state index < -0.39 is 15.9 Å². The molecule has 1 aromatic heterocycles. The Balaban J connectivity index is 1.66. The lowest BCUT2D eigenvalue weighted by Crippen LogP contribution is -2.33. The minimum absolute atomic E-state index is 0.297. The maximum Gasteiger partial charge on any atom is 0.150 e. The van der Waals surface area contributed by atoms with E-state index in [4.69, 9.17) is 0 Å². The Morgan fingerprint density at radius 1 is 1.28 bits per heavy atom. The van der Waals surface area contributed by atoms with Gasteiger partial charge in [0.1, 0.15) is 15.9 Å². The van der Waals surface area contributed by atoms with E-state index >= 15 is 0 Å². The van der Waals surface area contributed by atoms with Crippen molar-refractivity contribution in [3.05, 3.63) is 47.3 Å². The number of fused-ring (bicyclic) bond motifs is 1. The zero-order valence-electron chi connectivity index (χ0n) is 14.4. The molecule has 1 aliphatic rings. The zero-order valence-corrected chi connectivity index (χ0v) is 16.1. The second kappa shape index (κ2) is 7.49. The third-order valence-electron chi connectivity index (χ3n) is 4.26. The van der Waals surface area contributed by atoms with Crippen LogP contribution in [0.2, 0.25) is 0 Å². The summed E-state index contributed by atoms with van der Waals surface area (Å²) in [7, 11) is -3.24. The third-order valence-corrected chi connectivity index (χ3v) is 5.93. The fourth-order valence-corrected chi connectivity index (χ4v) is 4.15. The Morgan fingerprint density at radius 2 is 2.00 bits per heavy atom. The molecule has 1 aliphatic heterocycles. The highest BCUT2D eigenvalue weighted by atomic mass is 32.2. The van der Waals surface area contributed by atoms with Gasteiger partial charge in [0.15, 0.2) is 0 Å². The smallest absolute Gasteiger partial charge is 0.150 e. The number of benzene rings is 1. The van der Waals surface area contributed by atoms with Crippen LogP contribution in [0.5, 0.6) is 0 Å². The first-order valence-electron chi connectivity index (χ1n) is 8.12. The number of aromatic nitrogens is 2. The largest absolute Gasteiger partial charge is 0.386 e. The molecule has 2 heterocycles. The van der Waals surface area contributed by atoms with Crippen LogP contribution in [0.25, 0.3) is 0 Å². The van der Waals surface area contributed by atoms with E-state index in [1.165, 1.54) is 10.5 Å². The van der Waals surface area contributed by atoms with Gasteiger partial charge in [-0.1, -0.05) is 12.1 Å². The van der Waals surface area contributed by atoms with Crippen molar-refractivity contribution in [2.75, 3.05) is 24.8 Å². The molecule has 136 valence electrons. The van der Waals surface area contributed by atoms with Gasteiger partial charge in [0.2, 0.25) is 0 Å². The van der Waals surface area contributed by atoms with Gasteiger partial charge in [-0.3, -0.25) is 9.58 Å². The molecular formula is C17H23N3O3S2. The van der Waals surface area contributed by atoms with E-state index in [1.807, 2.05) is 10.7 Å². The predicted molar refractivity (Wildman–Crippen MR) is 99.2 cm³/mol. The van der Waals surface area contributed by atoms with E-state index in [0.717, 1.165) is 38.1 Å². The van der Waals surface area contributed by atoms with Crippen molar-refractivity contribution in [3.8, 4) is 0 Å². The fourth-order valence-electron chi connectivity index (χ4n) is 3.00. The van der Waals surface area contributed by atoms with Crippen LogP contribution in [0.15, 0.2) is 35.2 Å². The average Bonchev–Trinajstić information content (AvgIpc) is 2.97. The number of sulfone groups is 1. The van der Waals surface area contributed by atoms with Gasteiger partial charge in [-0.2, -0.15) is 5.10 Å². The Bertz CT molecular complexity index is 831. The number of aliphatic hydroxyl groups excluding tert-OH is 1. The van der Waals surface area contributed by atoms with Crippen LogP contribution in [0, 0.1) is 0 Å². The van der Waals surface area contributed by atoms with Crippen molar-refractivity contribution < 1.29 is 13.5 Å². The van der Waals surface area contributed by atoms with Crippen molar-refractivity contribution >= 4 is 21.6 Å². The predicted octanol–water partition coefficient (Wildman–Crippen LogP) is 1.70. The average molecular weight is 382 g/mol. The summed E-state index contributed by atoms with van der Waals surface area (Å²) in [5.74, 6) is -0.297. The van der Waals surface area contributed by atoms with Crippen LogP contribution in [0.3, 0.4) is 0 Å². The van der Waals surface area contributed by atoms with Crippen LogP contribution in [0.1, 0.15) is 23.1 Å². The number of hydrogen-bond acceptors (Lipinski definition) is 6. The molecular weight excluding hydrogens is 358 g/mol. The highest BCUT2D eigenvalue weighted by Crippen LogP contribution is 2.21. The molecule has 0 aliphatic carbocycles. The number of rotatable bonds is 6. The van der Waals surface area contributed by atoms with Crippen LogP contribution < -0.4 is 0 Å². The van der Waals surface area contributed by atoms with Gasteiger partial charge < -0.3 is 5.11 Å². The highest BCUT2D eigenvalue weighted by Gasteiger charge is 2.23. The molecule has 3 rings (SSSR count). The van der Waals surface area contributed by atoms with E-state index in [9.17, 15) is 13.5 Å². The number of nitrogens with zero attached hydrogens (tertiary/aromatic N) is 3. The molecule has 8 heteroatoms. The summed E-state index contributed by atoms with van der Waals surface area (Å²) in [4.78, 5) is 3.59. The van der Waals surface area contributed by atoms with Crippen molar-refractivity contribution in [2.45, 2.75) is 30.6 Å². The molecule has 0 fully saturated rings. The second-order valence-electron chi connectivity index (χ2n) is 6.45. The van der Waals surface area contributed by atoms with E-state index in [2.05, 4.69) is 40.5 Å². The van der Waals surface area contributed by atoms with Crippen LogP contribution in [-0.2, 0) is 29.5 Å². The summed E-state index contributed by atoms with van der Waals surface area (Å²) in [5.41, 5.74) is 2.71. The summed E-state index contributed by atoms with van der Waals surface area (Å²) in [6, 6.07) is 10.4. The van der Waals surface area contributed by atoms with Gasteiger partial charge in [-0.05, 0) is 30.0 Å². The summed E-state index contributed by atoms with van der Waals surface area (Å²) in [6.07, 6.45) is 2.12. The van der Waals surface area contributed by atoms with Crippen LogP contribution in [-0.4, -0.2) is 53.0 Å². The SMILES string of the molecule is CSc1ccc(CN2CCn3nc([C@@H](O)CS(C)(=O)=O)cc3C2)cc1. The normalized spacial score (nSPS) is 16.6. The Hall–Kier alpha value is -1.35. The lowest BCUT2D eigenvalue weighted by Gasteiger charge is -2.27. The fraction of sp³-hybridized carbons (Fsp3) is 0.471. The topological polar surface area (TPSA) is 75.4 Å². The van der Waals surface area contributed by atoms with Crippen molar-refractivity contribution in [1.29, 1.82) is 0 Å². The number of thioether (sulfide) groups is 1. The summed E-state index contributed by atoms with van der Waals surface area (Å²) in [6.45, 7) is 3.22. The quantitative estimate of drug-likeness (QED) is 0.768. The monoisotopic (exact) mass is 381 g/mol. The Morgan fingerprint density at radius 3 is 2.64 bits per heavy atom. The van der Waals surface area contributed by atoms with E-state index in [-0.39, 0.29) is 5.75 Å². The third kappa shape index (κ3) is 4.84. The second-order valence-corrected chi connectivity index (χ2v) is 9.52. The Kier molecular flexibility index (Phi) is 5.52. The molecule has 0 saturated heterocycles. The first-order chi connectivity index (χ1) is 11.8. The van der Waals surface area contributed by atoms with E-state index in [0.29, 0.717) is 5.69 Å². The lowest BCUT2D eigenvalue weighted by molar-refractivity contribution is 0.191. The molecule has 25 heavy (non-hydrogen) atoms. The lowest BCUT2D eigenvalue weighted by atomic mass is 10.2. The number of hydrogen-bond donors (Lipinski definition) is 1. The molecule has 1 N–H and O–H groups in total. The number of aliphatic hydroxyl groups is 1. The maximum atomic E-state index is 11.4. The Labute approximate surface area is 152 Å². The first kappa shape index (κ1) is 18.4. The summed E-state index contributed by atoms with van der Waals surface area (Å²) in [5, 5.41) is 14.5. The molecule has 1 aromatic carbocycles. The molecule has 0 bridgehead atoms. The molecule has 0 radical (unpaired) electrons. The van der Waals surface area contributed by atoms with Gasteiger partial charge in [-0.25, -0.2) is 8.42 Å². The van der Waals surface area contributed by atoms with E-state index in [1.54, 1.807) is 11.8 Å². The summed E-state index contributed by atoms with van der Waals surface area (Å²) < 4.78 is 24.6. The molecule has 1 atom stereocenters. The maximum absolute atomic E-state index is 11.4. The molecule has 0 amide bonds. The van der Waals surface area contributed by atoms with Gasteiger partial charge in [0.05, 0.1) is 23.7 Å². The minimum Gasteiger partial charge on any atom is -0.386 e.